The highest BCUT2D eigenvalue weighted by molar-refractivity contribution is 7.89. The molecule has 0 aliphatic heterocycles. The van der Waals surface area contributed by atoms with Crippen molar-refractivity contribution in [3.63, 3.8) is 0 Å². The first-order chi connectivity index (χ1) is 12.9. The van der Waals surface area contributed by atoms with Crippen molar-refractivity contribution in [2.24, 2.45) is 0 Å². The van der Waals surface area contributed by atoms with E-state index in [4.69, 9.17) is 9.26 Å². The van der Waals surface area contributed by atoms with Gasteiger partial charge in [0.2, 0.25) is 21.7 Å². The minimum atomic E-state index is -3.73. The first-order valence-corrected chi connectivity index (χ1v) is 10.7. The standard InChI is InChI=1S/C18H21N3O4S2/c1-5-21(11-16-19-18(20-25-16)15-7-6-8-26-15)27(22,23)17-12(2)9-14(24-4)10-13(17)3/h6-10H,5,11H2,1-4H3. The normalized spacial score (nSPS) is 11.9. The summed E-state index contributed by atoms with van der Waals surface area (Å²) in [6, 6.07) is 7.22. The van der Waals surface area contributed by atoms with E-state index in [0.717, 1.165) is 4.88 Å². The van der Waals surface area contributed by atoms with E-state index in [1.165, 1.54) is 15.6 Å². The van der Waals surface area contributed by atoms with Gasteiger partial charge in [-0.3, -0.25) is 0 Å². The monoisotopic (exact) mass is 407 g/mol. The third kappa shape index (κ3) is 3.90. The third-order valence-corrected chi connectivity index (χ3v) is 7.23. The summed E-state index contributed by atoms with van der Waals surface area (Å²) in [5, 5.41) is 5.86. The van der Waals surface area contributed by atoms with Crippen molar-refractivity contribution in [1.82, 2.24) is 14.4 Å². The molecule has 0 N–H and O–H groups in total. The average molecular weight is 408 g/mol. The molecule has 0 saturated heterocycles. The topological polar surface area (TPSA) is 85.5 Å². The second-order valence-electron chi connectivity index (χ2n) is 6.01. The Balaban J connectivity index is 1.91. The maximum absolute atomic E-state index is 13.2. The van der Waals surface area contributed by atoms with Crippen molar-refractivity contribution in [2.45, 2.75) is 32.2 Å². The van der Waals surface area contributed by atoms with Crippen molar-refractivity contribution < 1.29 is 17.7 Å². The Hall–Kier alpha value is -2.23. The molecule has 0 aliphatic carbocycles. The summed E-state index contributed by atoms with van der Waals surface area (Å²) in [6.45, 7) is 5.60. The van der Waals surface area contributed by atoms with E-state index >= 15 is 0 Å². The van der Waals surface area contributed by atoms with Crippen LogP contribution in [0.5, 0.6) is 5.75 Å². The minimum absolute atomic E-state index is 0.0160. The van der Waals surface area contributed by atoms with E-state index in [-0.39, 0.29) is 23.9 Å². The quantitative estimate of drug-likeness (QED) is 0.594. The lowest BCUT2D eigenvalue weighted by Gasteiger charge is -2.21. The second-order valence-corrected chi connectivity index (χ2v) is 8.83. The van der Waals surface area contributed by atoms with Gasteiger partial charge < -0.3 is 9.26 Å². The van der Waals surface area contributed by atoms with Crippen molar-refractivity contribution in [3.05, 3.63) is 46.7 Å². The highest BCUT2D eigenvalue weighted by Crippen LogP contribution is 2.29. The van der Waals surface area contributed by atoms with E-state index in [0.29, 0.717) is 22.7 Å². The minimum Gasteiger partial charge on any atom is -0.497 e. The van der Waals surface area contributed by atoms with Crippen molar-refractivity contribution in [3.8, 4) is 16.5 Å². The molecule has 0 spiro atoms. The molecule has 0 unspecified atom stereocenters. The molecule has 1 aromatic carbocycles. The number of thiophene rings is 1. The van der Waals surface area contributed by atoms with Crippen LogP contribution in [0.2, 0.25) is 0 Å². The largest absolute Gasteiger partial charge is 0.497 e. The first-order valence-electron chi connectivity index (χ1n) is 8.38. The molecule has 27 heavy (non-hydrogen) atoms. The van der Waals surface area contributed by atoms with Crippen LogP contribution in [0.15, 0.2) is 39.1 Å². The maximum atomic E-state index is 13.2. The van der Waals surface area contributed by atoms with E-state index < -0.39 is 10.0 Å². The number of aromatic nitrogens is 2. The number of hydrogen-bond donors (Lipinski definition) is 0. The molecule has 0 fully saturated rings. The molecule has 144 valence electrons. The molecule has 0 saturated carbocycles. The number of methoxy groups -OCH3 is 1. The van der Waals surface area contributed by atoms with Crippen LogP contribution < -0.4 is 4.74 Å². The van der Waals surface area contributed by atoms with Crippen LogP contribution in [0, 0.1) is 13.8 Å². The molecule has 0 bridgehead atoms. The number of ether oxygens (including phenoxy) is 1. The van der Waals surface area contributed by atoms with Crippen LogP contribution >= 0.6 is 11.3 Å². The molecule has 2 aromatic heterocycles. The molecule has 9 heteroatoms. The second kappa shape index (κ2) is 7.79. The van der Waals surface area contributed by atoms with Gasteiger partial charge in [0.25, 0.3) is 0 Å². The van der Waals surface area contributed by atoms with Gasteiger partial charge in [-0.2, -0.15) is 9.29 Å². The molecule has 7 nitrogen and oxygen atoms in total. The molecular weight excluding hydrogens is 386 g/mol. The van der Waals surface area contributed by atoms with E-state index in [1.807, 2.05) is 17.5 Å². The number of benzene rings is 1. The van der Waals surface area contributed by atoms with Gasteiger partial charge in [0.05, 0.1) is 23.4 Å². The Labute approximate surface area is 162 Å². The van der Waals surface area contributed by atoms with Crippen LogP contribution in [-0.2, 0) is 16.6 Å². The van der Waals surface area contributed by atoms with E-state index in [2.05, 4.69) is 10.1 Å². The fourth-order valence-electron chi connectivity index (χ4n) is 2.91. The lowest BCUT2D eigenvalue weighted by Crippen LogP contribution is -2.31. The summed E-state index contributed by atoms with van der Waals surface area (Å²) >= 11 is 1.50. The maximum Gasteiger partial charge on any atom is 0.244 e. The number of aryl methyl sites for hydroxylation is 2. The van der Waals surface area contributed by atoms with Crippen LogP contribution in [0.3, 0.4) is 0 Å². The average Bonchev–Trinajstić information content (AvgIpc) is 3.29. The van der Waals surface area contributed by atoms with Crippen molar-refractivity contribution in [2.75, 3.05) is 13.7 Å². The Morgan fingerprint density at radius 2 is 1.96 bits per heavy atom. The first kappa shape index (κ1) is 19.5. The Bertz CT molecular complexity index is 1000. The Morgan fingerprint density at radius 3 is 2.52 bits per heavy atom. The highest BCUT2D eigenvalue weighted by Gasteiger charge is 2.29. The van der Waals surface area contributed by atoms with E-state index in [9.17, 15) is 8.42 Å². The lowest BCUT2D eigenvalue weighted by atomic mass is 10.1. The lowest BCUT2D eigenvalue weighted by molar-refractivity contribution is 0.321. The molecule has 0 radical (unpaired) electrons. The number of rotatable bonds is 7. The molecule has 0 aliphatic rings. The summed E-state index contributed by atoms with van der Waals surface area (Å²) in [6.07, 6.45) is 0. The highest BCUT2D eigenvalue weighted by atomic mass is 32.2. The van der Waals surface area contributed by atoms with Gasteiger partial charge in [-0.15, -0.1) is 11.3 Å². The summed E-state index contributed by atoms with van der Waals surface area (Å²) in [5.41, 5.74) is 1.27. The predicted octanol–water partition coefficient (Wildman–Crippen LogP) is 3.63. The van der Waals surface area contributed by atoms with Gasteiger partial charge in [-0.05, 0) is 48.6 Å². The number of nitrogens with zero attached hydrogens (tertiary/aromatic N) is 3. The molecule has 0 atom stereocenters. The zero-order chi connectivity index (χ0) is 19.6. The molecular formula is C18H21N3O4S2. The van der Waals surface area contributed by atoms with Gasteiger partial charge in [0.15, 0.2) is 0 Å². The molecule has 2 heterocycles. The van der Waals surface area contributed by atoms with Crippen molar-refractivity contribution >= 4 is 21.4 Å². The van der Waals surface area contributed by atoms with Crippen LogP contribution in [0.1, 0.15) is 23.9 Å². The number of hydrogen-bond acceptors (Lipinski definition) is 7. The van der Waals surface area contributed by atoms with Gasteiger partial charge in [-0.1, -0.05) is 18.1 Å². The Kier molecular flexibility index (Phi) is 5.64. The predicted molar refractivity (Wildman–Crippen MR) is 103 cm³/mol. The molecule has 0 amide bonds. The smallest absolute Gasteiger partial charge is 0.244 e. The summed E-state index contributed by atoms with van der Waals surface area (Å²) in [4.78, 5) is 5.48. The zero-order valence-electron chi connectivity index (χ0n) is 15.6. The van der Waals surface area contributed by atoms with Crippen LogP contribution in [0.25, 0.3) is 10.7 Å². The SMILES string of the molecule is CCN(Cc1nc(-c2cccs2)no1)S(=O)(=O)c1c(C)cc(OC)cc1C. The summed E-state index contributed by atoms with van der Waals surface area (Å²) in [7, 11) is -2.17. The summed E-state index contributed by atoms with van der Waals surface area (Å²) in [5.74, 6) is 1.35. The van der Waals surface area contributed by atoms with Crippen LogP contribution in [0.4, 0.5) is 0 Å². The molecule has 3 rings (SSSR count). The van der Waals surface area contributed by atoms with Crippen LogP contribution in [-0.4, -0.2) is 36.5 Å². The fraction of sp³-hybridized carbons (Fsp3) is 0.333. The van der Waals surface area contributed by atoms with Gasteiger partial charge >= 0.3 is 0 Å². The Morgan fingerprint density at radius 1 is 1.26 bits per heavy atom. The number of sulfonamides is 1. The zero-order valence-corrected chi connectivity index (χ0v) is 17.2. The van der Waals surface area contributed by atoms with Crippen molar-refractivity contribution in [1.29, 1.82) is 0 Å². The summed E-state index contributed by atoms with van der Waals surface area (Å²) < 4.78 is 38.3. The van der Waals surface area contributed by atoms with Gasteiger partial charge in [0.1, 0.15) is 5.75 Å². The fourth-order valence-corrected chi connectivity index (χ4v) is 5.37. The molecule has 3 aromatic rings. The van der Waals surface area contributed by atoms with Gasteiger partial charge in [0, 0.05) is 6.54 Å². The van der Waals surface area contributed by atoms with E-state index in [1.54, 1.807) is 40.0 Å². The third-order valence-electron chi connectivity index (χ3n) is 4.14. The van der Waals surface area contributed by atoms with Gasteiger partial charge in [-0.25, -0.2) is 8.42 Å².